The number of aromatic amines is 1. The molecule has 5 heteroatoms. The van der Waals surface area contributed by atoms with Crippen molar-refractivity contribution in [1.82, 2.24) is 4.98 Å². The second-order valence-electron chi connectivity index (χ2n) is 3.66. The standard InChI is InChI=1S/C13H11N3O2/c1-18-11-4-2-3-10-9(7-16-12(10)11)5-8(6-14)13(15)17/h2-5,7,16H,1H3,(H2,15,17)/b8-5-. The molecular formula is C13H11N3O2. The normalized spacial score (nSPS) is 11.2. The lowest BCUT2D eigenvalue weighted by Gasteiger charge is -2.00. The van der Waals surface area contributed by atoms with E-state index in [2.05, 4.69) is 4.98 Å². The summed E-state index contributed by atoms with van der Waals surface area (Å²) < 4.78 is 5.21. The highest BCUT2D eigenvalue weighted by Crippen LogP contribution is 2.28. The Balaban J connectivity index is 2.61. The number of nitrogens with zero attached hydrogens (tertiary/aromatic N) is 1. The zero-order valence-electron chi connectivity index (χ0n) is 9.73. The second-order valence-corrected chi connectivity index (χ2v) is 3.66. The van der Waals surface area contributed by atoms with Crippen LogP contribution in [0, 0.1) is 11.3 Å². The van der Waals surface area contributed by atoms with Gasteiger partial charge < -0.3 is 15.5 Å². The van der Waals surface area contributed by atoms with Crippen LogP contribution in [-0.4, -0.2) is 18.0 Å². The SMILES string of the molecule is COc1cccc2c(/C=C(/C#N)C(N)=O)c[nH]c12. The summed E-state index contributed by atoms with van der Waals surface area (Å²) in [4.78, 5) is 14.1. The van der Waals surface area contributed by atoms with Crippen molar-refractivity contribution in [2.24, 2.45) is 5.73 Å². The molecule has 1 amide bonds. The number of carbonyl (C=O) groups is 1. The zero-order valence-corrected chi connectivity index (χ0v) is 9.73. The van der Waals surface area contributed by atoms with Crippen LogP contribution in [0.1, 0.15) is 5.56 Å². The number of hydrogen-bond donors (Lipinski definition) is 2. The summed E-state index contributed by atoms with van der Waals surface area (Å²) in [6, 6.07) is 7.31. The van der Waals surface area contributed by atoms with Crippen molar-refractivity contribution in [3.05, 3.63) is 35.5 Å². The first kappa shape index (κ1) is 11.7. The number of rotatable bonds is 3. The lowest BCUT2D eigenvalue weighted by molar-refractivity contribution is -0.114. The van der Waals surface area contributed by atoms with Crippen molar-refractivity contribution >= 4 is 22.9 Å². The van der Waals surface area contributed by atoms with Crippen LogP contribution in [0.3, 0.4) is 0 Å². The highest BCUT2D eigenvalue weighted by atomic mass is 16.5. The molecule has 90 valence electrons. The highest BCUT2D eigenvalue weighted by Gasteiger charge is 2.09. The maximum absolute atomic E-state index is 11.0. The number of para-hydroxylation sites is 1. The third-order valence-corrected chi connectivity index (χ3v) is 2.61. The van der Waals surface area contributed by atoms with E-state index in [1.807, 2.05) is 18.2 Å². The summed E-state index contributed by atoms with van der Waals surface area (Å²) >= 11 is 0. The van der Waals surface area contributed by atoms with Gasteiger partial charge in [-0.1, -0.05) is 12.1 Å². The Kier molecular flexibility index (Phi) is 3.02. The fraction of sp³-hybridized carbons (Fsp3) is 0.0769. The van der Waals surface area contributed by atoms with Crippen molar-refractivity contribution in [3.8, 4) is 11.8 Å². The number of primary amides is 1. The average molecular weight is 241 g/mol. The maximum Gasteiger partial charge on any atom is 0.259 e. The molecule has 1 aromatic carbocycles. The van der Waals surface area contributed by atoms with Gasteiger partial charge in [-0.05, 0) is 12.1 Å². The van der Waals surface area contributed by atoms with Gasteiger partial charge in [-0.2, -0.15) is 5.26 Å². The number of carbonyl (C=O) groups excluding carboxylic acids is 1. The predicted molar refractivity (Wildman–Crippen MR) is 67.6 cm³/mol. The van der Waals surface area contributed by atoms with Gasteiger partial charge in [0, 0.05) is 17.1 Å². The van der Waals surface area contributed by atoms with Crippen molar-refractivity contribution in [2.45, 2.75) is 0 Å². The van der Waals surface area contributed by atoms with Crippen molar-refractivity contribution in [3.63, 3.8) is 0 Å². The molecule has 0 aliphatic rings. The highest BCUT2D eigenvalue weighted by molar-refractivity contribution is 6.03. The van der Waals surface area contributed by atoms with Crippen LogP contribution in [0.4, 0.5) is 0 Å². The number of H-pyrrole nitrogens is 1. The summed E-state index contributed by atoms with van der Waals surface area (Å²) in [5.74, 6) is -0.0421. The number of aromatic nitrogens is 1. The molecule has 0 aliphatic carbocycles. The van der Waals surface area contributed by atoms with Gasteiger partial charge >= 0.3 is 0 Å². The van der Waals surface area contributed by atoms with Gasteiger partial charge in [0.15, 0.2) is 0 Å². The molecule has 0 saturated heterocycles. The van der Waals surface area contributed by atoms with Crippen LogP contribution in [0.2, 0.25) is 0 Å². The van der Waals surface area contributed by atoms with E-state index in [9.17, 15) is 4.79 Å². The van der Waals surface area contributed by atoms with E-state index < -0.39 is 5.91 Å². The molecule has 1 aromatic heterocycles. The minimum atomic E-state index is -0.741. The molecule has 0 unspecified atom stereocenters. The van der Waals surface area contributed by atoms with Crippen LogP contribution in [0.5, 0.6) is 5.75 Å². The minimum absolute atomic E-state index is 0.0845. The molecule has 0 bridgehead atoms. The largest absolute Gasteiger partial charge is 0.495 e. The fourth-order valence-electron chi connectivity index (χ4n) is 1.75. The van der Waals surface area contributed by atoms with E-state index in [1.54, 1.807) is 19.4 Å². The maximum atomic E-state index is 11.0. The molecule has 1 heterocycles. The first-order chi connectivity index (χ1) is 8.67. The summed E-state index contributed by atoms with van der Waals surface area (Å²) in [6.45, 7) is 0. The summed E-state index contributed by atoms with van der Waals surface area (Å²) in [5.41, 5.74) is 6.55. The molecule has 0 fully saturated rings. The fourth-order valence-corrected chi connectivity index (χ4v) is 1.75. The van der Waals surface area contributed by atoms with Crippen molar-refractivity contribution in [2.75, 3.05) is 7.11 Å². The smallest absolute Gasteiger partial charge is 0.259 e. The molecule has 2 aromatic rings. The first-order valence-corrected chi connectivity index (χ1v) is 5.23. The first-order valence-electron chi connectivity index (χ1n) is 5.23. The lowest BCUT2D eigenvalue weighted by atomic mass is 10.1. The van der Waals surface area contributed by atoms with E-state index in [4.69, 9.17) is 15.7 Å². The quantitative estimate of drug-likeness (QED) is 0.631. The Morgan fingerprint density at radius 2 is 2.33 bits per heavy atom. The number of hydrogen-bond acceptors (Lipinski definition) is 3. The predicted octanol–water partition coefficient (Wildman–Crippen LogP) is 1.57. The van der Waals surface area contributed by atoms with E-state index in [-0.39, 0.29) is 5.57 Å². The number of benzene rings is 1. The molecule has 3 N–H and O–H groups in total. The molecule has 2 rings (SSSR count). The number of methoxy groups -OCH3 is 1. The van der Waals surface area contributed by atoms with Gasteiger partial charge in [0.25, 0.3) is 5.91 Å². The third kappa shape index (κ3) is 1.92. The molecule has 0 saturated carbocycles. The number of nitrogens with one attached hydrogen (secondary N) is 1. The minimum Gasteiger partial charge on any atom is -0.495 e. The topological polar surface area (TPSA) is 91.9 Å². The Bertz CT molecular complexity index is 677. The van der Waals surface area contributed by atoms with Crippen LogP contribution in [-0.2, 0) is 4.79 Å². The molecule has 0 atom stereocenters. The summed E-state index contributed by atoms with van der Waals surface area (Å²) in [7, 11) is 1.58. The van der Waals surface area contributed by atoms with E-state index in [0.717, 1.165) is 16.5 Å². The van der Waals surface area contributed by atoms with Crippen molar-refractivity contribution < 1.29 is 9.53 Å². The number of ether oxygens (including phenoxy) is 1. The van der Waals surface area contributed by atoms with Gasteiger partial charge in [0.1, 0.15) is 17.4 Å². The lowest BCUT2D eigenvalue weighted by Crippen LogP contribution is -2.12. The molecule has 0 radical (unpaired) electrons. The Labute approximate surface area is 103 Å². The van der Waals surface area contributed by atoms with Gasteiger partial charge in [-0.25, -0.2) is 0 Å². The molecule has 5 nitrogen and oxygen atoms in total. The van der Waals surface area contributed by atoms with Gasteiger partial charge in [-0.3, -0.25) is 4.79 Å². The Morgan fingerprint density at radius 3 is 2.94 bits per heavy atom. The molecule has 0 spiro atoms. The van der Waals surface area contributed by atoms with Crippen LogP contribution in [0.15, 0.2) is 30.0 Å². The molecule has 18 heavy (non-hydrogen) atoms. The number of nitrogens with two attached hydrogens (primary N) is 1. The van der Waals surface area contributed by atoms with Crippen LogP contribution < -0.4 is 10.5 Å². The van der Waals surface area contributed by atoms with Crippen molar-refractivity contribution in [1.29, 1.82) is 5.26 Å². The van der Waals surface area contributed by atoms with Crippen LogP contribution in [0.25, 0.3) is 17.0 Å². The van der Waals surface area contributed by atoms with Gasteiger partial charge in [0.2, 0.25) is 0 Å². The second kappa shape index (κ2) is 4.63. The Hall–Kier alpha value is -2.74. The van der Waals surface area contributed by atoms with E-state index >= 15 is 0 Å². The van der Waals surface area contributed by atoms with E-state index in [1.165, 1.54) is 6.08 Å². The average Bonchev–Trinajstić information content (AvgIpc) is 2.78. The monoisotopic (exact) mass is 241 g/mol. The van der Waals surface area contributed by atoms with Gasteiger partial charge in [0.05, 0.1) is 12.6 Å². The van der Waals surface area contributed by atoms with Crippen LogP contribution >= 0.6 is 0 Å². The number of amides is 1. The van der Waals surface area contributed by atoms with Gasteiger partial charge in [-0.15, -0.1) is 0 Å². The van der Waals surface area contributed by atoms with E-state index in [0.29, 0.717) is 5.75 Å². The number of fused-ring (bicyclic) bond motifs is 1. The zero-order chi connectivity index (χ0) is 13.1. The molecule has 0 aliphatic heterocycles. The number of nitriles is 1. The third-order valence-electron chi connectivity index (χ3n) is 2.61. The molecular weight excluding hydrogens is 230 g/mol. The summed E-state index contributed by atoms with van der Waals surface area (Å²) in [6.07, 6.45) is 3.16. The summed E-state index contributed by atoms with van der Waals surface area (Å²) in [5, 5.41) is 9.68. The Morgan fingerprint density at radius 1 is 1.56 bits per heavy atom.